The smallest absolute Gasteiger partial charge is 0.337 e. The van der Waals surface area contributed by atoms with Crippen LogP contribution in [0.4, 0.5) is 0 Å². The molecule has 1 aromatic carbocycles. The van der Waals surface area contributed by atoms with Crippen LogP contribution in [-0.4, -0.2) is 66.1 Å². The van der Waals surface area contributed by atoms with Crippen molar-refractivity contribution in [1.82, 2.24) is 15.5 Å². The first-order valence-corrected chi connectivity index (χ1v) is 9.41. The van der Waals surface area contributed by atoms with Crippen LogP contribution in [0.2, 0.25) is 0 Å². The molecule has 0 radical (unpaired) electrons. The van der Waals surface area contributed by atoms with Crippen LogP contribution in [0.1, 0.15) is 41.0 Å². The van der Waals surface area contributed by atoms with E-state index in [1.165, 1.54) is 30.2 Å². The summed E-state index contributed by atoms with van der Waals surface area (Å²) in [5, 5.41) is 5.23. The number of benzene rings is 1. The van der Waals surface area contributed by atoms with Crippen LogP contribution in [-0.2, 0) is 19.1 Å². The molecule has 1 unspecified atom stereocenters. The van der Waals surface area contributed by atoms with E-state index in [4.69, 9.17) is 17.0 Å². The molecule has 1 aromatic rings. The normalized spacial score (nSPS) is 16.1. The number of hydrogen-bond acceptors (Lipinski definition) is 7. The molecular formula is C19H23N3O6S. The molecule has 1 saturated heterocycles. The van der Waals surface area contributed by atoms with Gasteiger partial charge in [0, 0.05) is 18.7 Å². The van der Waals surface area contributed by atoms with Crippen LogP contribution in [0.3, 0.4) is 0 Å². The number of carbonyl (C=O) groups is 4. The average molecular weight is 421 g/mol. The first-order valence-electron chi connectivity index (χ1n) is 9.00. The lowest BCUT2D eigenvalue weighted by atomic mass is 10.1. The summed E-state index contributed by atoms with van der Waals surface area (Å²) < 4.78 is 9.75. The van der Waals surface area contributed by atoms with Crippen LogP contribution >= 0.6 is 12.2 Å². The van der Waals surface area contributed by atoms with E-state index >= 15 is 0 Å². The summed E-state index contributed by atoms with van der Waals surface area (Å²) in [7, 11) is 1.25. The van der Waals surface area contributed by atoms with Crippen molar-refractivity contribution in [2.45, 2.75) is 32.4 Å². The fourth-order valence-electron chi connectivity index (χ4n) is 2.78. The van der Waals surface area contributed by atoms with Crippen LogP contribution in [0, 0.1) is 0 Å². The van der Waals surface area contributed by atoms with Gasteiger partial charge < -0.3 is 19.7 Å². The standard InChI is InChI=1S/C19H23N3O6S/c1-11(2)28-15(23)10-14-17(25)20-7-8-22(14)19(29)21-16(24)12-5-4-6-13(9-12)18(26)27-3/h4-6,9,11,14H,7-8,10H2,1-3H3,(H,20,25)(H,21,24,29). The van der Waals surface area contributed by atoms with E-state index in [-0.39, 0.29) is 34.7 Å². The minimum atomic E-state index is -0.885. The third-order valence-corrected chi connectivity index (χ3v) is 4.42. The lowest BCUT2D eigenvalue weighted by Gasteiger charge is -2.36. The molecule has 1 fully saturated rings. The second kappa shape index (κ2) is 9.97. The molecule has 10 heteroatoms. The van der Waals surface area contributed by atoms with Crippen molar-refractivity contribution < 1.29 is 28.7 Å². The van der Waals surface area contributed by atoms with Crippen molar-refractivity contribution in [2.24, 2.45) is 0 Å². The number of methoxy groups -OCH3 is 1. The summed E-state index contributed by atoms with van der Waals surface area (Å²) in [6.45, 7) is 4.07. The number of amides is 2. The van der Waals surface area contributed by atoms with Crippen molar-refractivity contribution in [1.29, 1.82) is 0 Å². The van der Waals surface area contributed by atoms with Gasteiger partial charge in [0.1, 0.15) is 6.04 Å². The molecule has 1 heterocycles. The second-order valence-corrected chi connectivity index (χ2v) is 6.96. The van der Waals surface area contributed by atoms with Crippen molar-refractivity contribution in [3.63, 3.8) is 0 Å². The zero-order valence-corrected chi connectivity index (χ0v) is 17.2. The molecule has 0 saturated carbocycles. The topological polar surface area (TPSA) is 114 Å². The molecule has 0 spiro atoms. The van der Waals surface area contributed by atoms with E-state index in [0.29, 0.717) is 13.1 Å². The van der Waals surface area contributed by atoms with Gasteiger partial charge in [-0.3, -0.25) is 19.7 Å². The van der Waals surface area contributed by atoms with Crippen molar-refractivity contribution in [3.8, 4) is 0 Å². The van der Waals surface area contributed by atoms with E-state index in [2.05, 4.69) is 15.4 Å². The lowest BCUT2D eigenvalue weighted by molar-refractivity contribution is -0.150. The second-order valence-electron chi connectivity index (χ2n) is 6.57. The maximum Gasteiger partial charge on any atom is 0.337 e. The molecule has 1 aliphatic heterocycles. The van der Waals surface area contributed by atoms with Gasteiger partial charge in [-0.25, -0.2) is 4.79 Å². The molecule has 2 N–H and O–H groups in total. The number of piperazine rings is 1. The van der Waals surface area contributed by atoms with Crippen LogP contribution < -0.4 is 10.6 Å². The van der Waals surface area contributed by atoms with Gasteiger partial charge in [0.2, 0.25) is 5.91 Å². The number of nitrogens with zero attached hydrogens (tertiary/aromatic N) is 1. The minimum absolute atomic E-state index is 0.00988. The number of hydrogen-bond donors (Lipinski definition) is 2. The maximum absolute atomic E-state index is 12.5. The summed E-state index contributed by atoms with van der Waals surface area (Å²) in [4.78, 5) is 49.9. The average Bonchev–Trinajstić information content (AvgIpc) is 2.68. The highest BCUT2D eigenvalue weighted by Gasteiger charge is 2.34. The van der Waals surface area contributed by atoms with E-state index in [1.54, 1.807) is 19.9 Å². The van der Waals surface area contributed by atoms with Gasteiger partial charge >= 0.3 is 11.9 Å². The number of nitrogens with one attached hydrogen (secondary N) is 2. The molecule has 2 rings (SSSR count). The molecule has 1 aliphatic rings. The third-order valence-electron chi connectivity index (χ3n) is 4.09. The summed E-state index contributed by atoms with van der Waals surface area (Å²) in [5.74, 6) is -2.03. The number of rotatable bonds is 5. The SMILES string of the molecule is COC(=O)c1cccc(C(=O)NC(=S)N2CCNC(=O)C2CC(=O)OC(C)C)c1. The third kappa shape index (κ3) is 5.98. The van der Waals surface area contributed by atoms with Gasteiger partial charge in [-0.05, 0) is 44.3 Å². The Morgan fingerprint density at radius 1 is 1.31 bits per heavy atom. The van der Waals surface area contributed by atoms with Crippen molar-refractivity contribution in [2.75, 3.05) is 20.2 Å². The highest BCUT2D eigenvalue weighted by Crippen LogP contribution is 2.12. The molecule has 9 nitrogen and oxygen atoms in total. The predicted molar refractivity (Wildman–Crippen MR) is 107 cm³/mol. The Morgan fingerprint density at radius 3 is 2.66 bits per heavy atom. The quantitative estimate of drug-likeness (QED) is 0.526. The zero-order chi connectivity index (χ0) is 21.6. The Kier molecular flexibility index (Phi) is 7.66. The Labute approximate surface area is 173 Å². The molecule has 2 amide bonds. The van der Waals surface area contributed by atoms with E-state index < -0.39 is 23.9 Å². The molecule has 0 aromatic heterocycles. The van der Waals surface area contributed by atoms with E-state index in [1.807, 2.05) is 0 Å². The number of ether oxygens (including phenoxy) is 2. The number of esters is 2. The van der Waals surface area contributed by atoms with Crippen molar-refractivity contribution >= 4 is 41.1 Å². The molecular weight excluding hydrogens is 398 g/mol. The molecule has 29 heavy (non-hydrogen) atoms. The fourth-order valence-corrected chi connectivity index (χ4v) is 3.09. The Balaban J connectivity index is 2.10. The van der Waals surface area contributed by atoms with Crippen molar-refractivity contribution in [3.05, 3.63) is 35.4 Å². The predicted octanol–water partition coefficient (Wildman–Crippen LogP) is 0.630. The molecule has 156 valence electrons. The lowest BCUT2D eigenvalue weighted by Crippen LogP contribution is -2.60. The van der Waals surface area contributed by atoms with Crippen LogP contribution in [0.15, 0.2) is 24.3 Å². The van der Waals surface area contributed by atoms with E-state index in [0.717, 1.165) is 0 Å². The van der Waals surface area contributed by atoms with Gasteiger partial charge in [0.15, 0.2) is 5.11 Å². The van der Waals surface area contributed by atoms with E-state index in [9.17, 15) is 19.2 Å². The molecule has 0 aliphatic carbocycles. The summed E-state index contributed by atoms with van der Waals surface area (Å²) in [6.07, 6.45) is -0.506. The Bertz CT molecular complexity index is 826. The number of thiocarbonyl (C=S) groups is 1. The van der Waals surface area contributed by atoms with Gasteiger partial charge in [0.25, 0.3) is 5.91 Å². The van der Waals surface area contributed by atoms with Gasteiger partial charge in [0.05, 0.1) is 25.2 Å². The van der Waals surface area contributed by atoms with Gasteiger partial charge in [-0.15, -0.1) is 0 Å². The number of carbonyl (C=O) groups excluding carboxylic acids is 4. The maximum atomic E-state index is 12.5. The largest absolute Gasteiger partial charge is 0.465 e. The Hall–Kier alpha value is -3.01. The zero-order valence-electron chi connectivity index (χ0n) is 16.4. The van der Waals surface area contributed by atoms with Crippen LogP contribution in [0.25, 0.3) is 0 Å². The highest BCUT2D eigenvalue weighted by molar-refractivity contribution is 7.80. The monoisotopic (exact) mass is 421 g/mol. The van der Waals surface area contributed by atoms with Gasteiger partial charge in [-0.2, -0.15) is 0 Å². The molecule has 1 atom stereocenters. The summed E-state index contributed by atoms with van der Waals surface area (Å²) in [6, 6.07) is 5.08. The highest BCUT2D eigenvalue weighted by atomic mass is 32.1. The summed E-state index contributed by atoms with van der Waals surface area (Å²) in [5.41, 5.74) is 0.421. The Morgan fingerprint density at radius 2 is 2.00 bits per heavy atom. The first-order chi connectivity index (χ1) is 13.7. The van der Waals surface area contributed by atoms with Gasteiger partial charge in [-0.1, -0.05) is 6.07 Å². The summed E-state index contributed by atoms with van der Waals surface area (Å²) >= 11 is 5.30. The first kappa shape index (κ1) is 22.3. The molecule has 0 bridgehead atoms. The minimum Gasteiger partial charge on any atom is -0.465 e. The van der Waals surface area contributed by atoms with Crippen LogP contribution in [0.5, 0.6) is 0 Å². The fraction of sp³-hybridized carbons (Fsp3) is 0.421.